The van der Waals surface area contributed by atoms with Crippen LogP contribution >= 0.6 is 11.6 Å². The summed E-state index contributed by atoms with van der Waals surface area (Å²) in [5.74, 6) is -1.04. The Hall–Kier alpha value is -1.79. The second-order valence-electron chi connectivity index (χ2n) is 7.55. The minimum Gasteiger partial charge on any atom is -0.480 e. The molecule has 144 valence electrons. The number of benzene rings is 1. The monoisotopic (exact) mass is 382 g/mol. The topological polar surface area (TPSA) is 78.9 Å². The van der Waals surface area contributed by atoms with Crippen LogP contribution in [0.1, 0.15) is 39.2 Å². The molecule has 0 aromatic heterocycles. The fourth-order valence-electron chi connectivity index (χ4n) is 3.08. The number of amides is 1. The number of rotatable bonds is 5. The summed E-state index contributed by atoms with van der Waals surface area (Å²) in [5.41, 5.74) is 0.121. The van der Waals surface area contributed by atoms with Crippen molar-refractivity contribution in [3.8, 4) is 0 Å². The highest BCUT2D eigenvalue weighted by atomic mass is 35.5. The van der Waals surface area contributed by atoms with E-state index in [1.54, 1.807) is 45.0 Å². The van der Waals surface area contributed by atoms with Gasteiger partial charge in [0.15, 0.2) is 0 Å². The Morgan fingerprint density at radius 3 is 2.35 bits per heavy atom. The molecule has 1 saturated heterocycles. The third-order valence-corrected chi connectivity index (χ3v) is 4.52. The van der Waals surface area contributed by atoms with E-state index in [-0.39, 0.29) is 12.5 Å². The molecule has 1 fully saturated rings. The number of halogens is 1. The van der Waals surface area contributed by atoms with E-state index in [0.717, 1.165) is 18.7 Å². The van der Waals surface area contributed by atoms with E-state index in [0.29, 0.717) is 17.9 Å². The van der Waals surface area contributed by atoms with Crippen molar-refractivity contribution in [2.45, 2.75) is 57.7 Å². The van der Waals surface area contributed by atoms with Crippen LogP contribution in [0.3, 0.4) is 0 Å². The molecule has 1 aromatic carbocycles. The van der Waals surface area contributed by atoms with Crippen LogP contribution in [-0.4, -0.2) is 52.8 Å². The van der Waals surface area contributed by atoms with Crippen molar-refractivity contribution in [1.82, 2.24) is 10.2 Å². The summed E-state index contributed by atoms with van der Waals surface area (Å²) in [4.78, 5) is 26.3. The summed E-state index contributed by atoms with van der Waals surface area (Å²) in [6.07, 6.45) is 1.02. The molecule has 1 heterocycles. The molecule has 26 heavy (non-hydrogen) atoms. The van der Waals surface area contributed by atoms with E-state index >= 15 is 0 Å². The average Bonchev–Trinajstić information content (AvgIpc) is 2.55. The van der Waals surface area contributed by atoms with Crippen molar-refractivity contribution in [2.24, 2.45) is 0 Å². The zero-order valence-electron chi connectivity index (χ0n) is 15.5. The first-order chi connectivity index (χ1) is 12.2. The predicted octanol–water partition coefficient (Wildman–Crippen LogP) is 3.32. The number of hydrogen-bond donors (Lipinski definition) is 2. The van der Waals surface area contributed by atoms with Crippen molar-refractivity contribution >= 4 is 23.7 Å². The summed E-state index contributed by atoms with van der Waals surface area (Å²) < 4.78 is 5.52. The number of carboxylic acid groups (broad SMARTS) is 1. The molecule has 1 aromatic rings. The highest BCUT2D eigenvalue weighted by molar-refractivity contribution is 6.30. The van der Waals surface area contributed by atoms with E-state index in [2.05, 4.69) is 5.32 Å². The highest BCUT2D eigenvalue weighted by Gasteiger charge is 2.38. The van der Waals surface area contributed by atoms with Crippen LogP contribution in [-0.2, 0) is 16.0 Å². The Bertz CT molecular complexity index is 621. The van der Waals surface area contributed by atoms with Gasteiger partial charge in [0.25, 0.3) is 0 Å². The number of nitrogens with zero attached hydrogens (tertiary/aromatic N) is 1. The third kappa shape index (κ3) is 5.88. The van der Waals surface area contributed by atoms with Gasteiger partial charge >= 0.3 is 12.1 Å². The molecular formula is C19H27ClN2O4. The first kappa shape index (κ1) is 20.5. The lowest BCUT2D eigenvalue weighted by atomic mass is 9.99. The van der Waals surface area contributed by atoms with Crippen LogP contribution in [0.4, 0.5) is 4.79 Å². The minimum absolute atomic E-state index is 0.167. The fourth-order valence-corrected chi connectivity index (χ4v) is 3.20. The van der Waals surface area contributed by atoms with Crippen molar-refractivity contribution in [3.05, 3.63) is 34.9 Å². The maximum Gasteiger partial charge on any atom is 0.411 e. The van der Waals surface area contributed by atoms with Crippen LogP contribution in [0.15, 0.2) is 24.3 Å². The lowest BCUT2D eigenvalue weighted by molar-refractivity contribution is -0.144. The Labute approximate surface area is 159 Å². The fraction of sp³-hybridized carbons (Fsp3) is 0.579. The zero-order chi connectivity index (χ0) is 19.3. The molecule has 6 nitrogen and oxygen atoms in total. The second kappa shape index (κ2) is 8.73. The summed E-state index contributed by atoms with van der Waals surface area (Å²) in [7, 11) is 0. The summed E-state index contributed by atoms with van der Waals surface area (Å²) >= 11 is 5.91. The first-order valence-corrected chi connectivity index (χ1v) is 9.24. The zero-order valence-corrected chi connectivity index (χ0v) is 16.3. The van der Waals surface area contributed by atoms with Gasteiger partial charge in [0.1, 0.15) is 11.6 Å². The molecule has 1 atom stereocenters. The molecule has 1 unspecified atom stereocenters. The molecule has 1 aliphatic rings. The molecule has 1 amide bonds. The average molecular weight is 383 g/mol. The van der Waals surface area contributed by atoms with Gasteiger partial charge in [-0.2, -0.15) is 0 Å². The Kier molecular flexibility index (Phi) is 6.89. The third-order valence-electron chi connectivity index (χ3n) is 4.27. The van der Waals surface area contributed by atoms with Gasteiger partial charge in [0, 0.05) is 17.5 Å². The Morgan fingerprint density at radius 2 is 1.85 bits per heavy atom. The van der Waals surface area contributed by atoms with E-state index in [4.69, 9.17) is 16.3 Å². The lowest BCUT2D eigenvalue weighted by Crippen LogP contribution is -2.55. The number of carbonyl (C=O) groups excluding carboxylic acids is 1. The van der Waals surface area contributed by atoms with Gasteiger partial charge < -0.3 is 15.2 Å². The molecule has 2 rings (SSSR count). The lowest BCUT2D eigenvalue weighted by Gasteiger charge is -2.39. The molecule has 0 radical (unpaired) electrons. The molecule has 7 heteroatoms. The van der Waals surface area contributed by atoms with Crippen molar-refractivity contribution in [1.29, 1.82) is 0 Å². The van der Waals surface area contributed by atoms with E-state index < -0.39 is 23.7 Å². The van der Waals surface area contributed by atoms with Crippen molar-refractivity contribution in [2.75, 3.05) is 13.1 Å². The van der Waals surface area contributed by atoms with Crippen molar-refractivity contribution < 1.29 is 19.4 Å². The predicted molar refractivity (Wildman–Crippen MR) is 101 cm³/mol. The smallest absolute Gasteiger partial charge is 0.411 e. The van der Waals surface area contributed by atoms with E-state index in [1.807, 2.05) is 0 Å². The normalized spacial score (nSPS) is 16.8. The van der Waals surface area contributed by atoms with Gasteiger partial charge in [-0.1, -0.05) is 23.7 Å². The molecule has 2 N–H and O–H groups in total. The van der Waals surface area contributed by atoms with Crippen LogP contribution in [0.5, 0.6) is 0 Å². The van der Waals surface area contributed by atoms with E-state index in [1.165, 1.54) is 4.90 Å². The standard InChI is InChI=1S/C19H27ClN2O4/c1-19(2,3)26-18(25)22(15-8-10-21-11-9-15)16(17(23)24)12-13-4-6-14(20)7-5-13/h4-7,15-16,21H,8-12H2,1-3H3,(H,23,24). The quantitative estimate of drug-likeness (QED) is 0.816. The van der Waals surface area contributed by atoms with Gasteiger partial charge in [-0.3, -0.25) is 4.90 Å². The van der Waals surface area contributed by atoms with E-state index in [9.17, 15) is 14.7 Å². The summed E-state index contributed by atoms with van der Waals surface area (Å²) in [6, 6.07) is 5.85. The molecule has 0 aliphatic carbocycles. The van der Waals surface area contributed by atoms with Gasteiger partial charge in [0.2, 0.25) is 0 Å². The first-order valence-electron chi connectivity index (χ1n) is 8.86. The molecule has 0 saturated carbocycles. The van der Waals surface area contributed by atoms with Crippen molar-refractivity contribution in [3.63, 3.8) is 0 Å². The number of aliphatic carboxylic acids is 1. The van der Waals surface area contributed by atoms with Crippen LogP contribution in [0.2, 0.25) is 5.02 Å². The van der Waals surface area contributed by atoms with Crippen LogP contribution in [0.25, 0.3) is 0 Å². The van der Waals surface area contributed by atoms with Gasteiger partial charge in [-0.15, -0.1) is 0 Å². The highest BCUT2D eigenvalue weighted by Crippen LogP contribution is 2.23. The Morgan fingerprint density at radius 1 is 1.27 bits per heavy atom. The molecule has 0 bridgehead atoms. The number of carboxylic acids is 1. The number of piperidine rings is 1. The molecule has 1 aliphatic heterocycles. The maximum absolute atomic E-state index is 12.8. The Balaban J connectivity index is 2.29. The summed E-state index contributed by atoms with van der Waals surface area (Å²) in [5, 5.41) is 13.7. The number of ether oxygens (including phenoxy) is 1. The number of nitrogens with one attached hydrogen (secondary N) is 1. The van der Waals surface area contributed by atoms with Gasteiger partial charge in [-0.25, -0.2) is 9.59 Å². The second-order valence-corrected chi connectivity index (χ2v) is 7.99. The summed E-state index contributed by atoms with van der Waals surface area (Å²) in [6.45, 7) is 6.83. The largest absolute Gasteiger partial charge is 0.480 e. The maximum atomic E-state index is 12.8. The molecular weight excluding hydrogens is 356 g/mol. The SMILES string of the molecule is CC(C)(C)OC(=O)N(C1CCNCC1)C(Cc1ccc(Cl)cc1)C(=O)O. The number of carbonyl (C=O) groups is 2. The van der Waals surface area contributed by atoms with Crippen LogP contribution < -0.4 is 5.32 Å². The molecule has 0 spiro atoms. The van der Waals surface area contributed by atoms with Gasteiger partial charge in [0.05, 0.1) is 0 Å². The number of hydrogen-bond acceptors (Lipinski definition) is 4. The van der Waals surface area contributed by atoms with Crippen LogP contribution in [0, 0.1) is 0 Å². The minimum atomic E-state index is -1.04. The van der Waals surface area contributed by atoms with Gasteiger partial charge in [-0.05, 0) is 64.4 Å².